The fraction of sp³-hybridized carbons (Fsp3) is 0.500. The zero-order valence-electron chi connectivity index (χ0n) is 10.3. The Morgan fingerprint density at radius 1 is 1.38 bits per heavy atom. The van der Waals surface area contributed by atoms with E-state index in [9.17, 15) is 0 Å². The zero-order chi connectivity index (χ0) is 11.8. The number of nitrogens with one attached hydrogen (secondary N) is 1. The number of aryl methyl sites for hydroxylation is 1. The number of nitrogens with zero attached hydrogens (tertiary/aromatic N) is 3. The summed E-state index contributed by atoms with van der Waals surface area (Å²) in [5, 5.41) is 8.87. The molecule has 0 aliphatic heterocycles. The van der Waals surface area contributed by atoms with Crippen LogP contribution in [-0.4, -0.2) is 20.3 Å². The quantitative estimate of drug-likeness (QED) is 0.842. The minimum Gasteiger partial charge on any atom is -0.380 e. The maximum absolute atomic E-state index is 4.36. The van der Waals surface area contributed by atoms with Crippen LogP contribution < -0.4 is 5.32 Å². The summed E-state index contributed by atoms with van der Waals surface area (Å²) in [4.78, 5) is 4.36. The lowest BCUT2D eigenvalue weighted by Crippen LogP contribution is -2.26. The largest absolute Gasteiger partial charge is 0.380 e. The summed E-state index contributed by atoms with van der Waals surface area (Å²) < 4.78 is 1.91. The van der Waals surface area contributed by atoms with Gasteiger partial charge in [0.15, 0.2) is 5.65 Å². The smallest absolute Gasteiger partial charge is 0.159 e. The van der Waals surface area contributed by atoms with Crippen molar-refractivity contribution in [3.63, 3.8) is 0 Å². The van der Waals surface area contributed by atoms with Crippen LogP contribution in [0.25, 0.3) is 11.0 Å². The first-order chi connectivity index (χ1) is 7.51. The Hall–Kier alpha value is -1.58. The number of aromatic nitrogens is 3. The summed E-state index contributed by atoms with van der Waals surface area (Å²) >= 11 is 0. The van der Waals surface area contributed by atoms with Crippen molar-refractivity contribution in [1.29, 1.82) is 0 Å². The van der Waals surface area contributed by atoms with Crippen molar-refractivity contribution in [3.8, 4) is 0 Å². The second-order valence-electron chi connectivity index (χ2n) is 4.93. The van der Waals surface area contributed by atoms with Gasteiger partial charge >= 0.3 is 0 Å². The van der Waals surface area contributed by atoms with Gasteiger partial charge in [0, 0.05) is 24.0 Å². The van der Waals surface area contributed by atoms with Crippen LogP contribution >= 0.6 is 0 Å². The predicted octanol–water partition coefficient (Wildman–Crippen LogP) is 2.66. The second kappa shape index (κ2) is 3.77. The molecule has 0 aromatic carbocycles. The highest BCUT2D eigenvalue weighted by atomic mass is 15.3. The highest BCUT2D eigenvalue weighted by molar-refractivity contribution is 5.88. The molecule has 0 aliphatic rings. The number of rotatable bonds is 2. The van der Waals surface area contributed by atoms with Crippen molar-refractivity contribution in [3.05, 3.63) is 18.5 Å². The van der Waals surface area contributed by atoms with E-state index in [1.165, 1.54) is 0 Å². The lowest BCUT2D eigenvalue weighted by molar-refractivity contribution is 0.635. The summed E-state index contributed by atoms with van der Waals surface area (Å²) in [6.07, 6.45) is 3.70. The minimum absolute atomic E-state index is 0.0442. The molecule has 2 aromatic heterocycles. The SMILES string of the molecule is CCn1ncc2c(NC(C)(C)C)ccnc21. The molecule has 1 N–H and O–H groups in total. The van der Waals surface area contributed by atoms with E-state index in [1.54, 1.807) is 0 Å². The zero-order valence-corrected chi connectivity index (χ0v) is 10.3. The molecule has 0 unspecified atom stereocenters. The minimum atomic E-state index is 0.0442. The van der Waals surface area contributed by atoms with Crippen LogP contribution in [0.1, 0.15) is 27.7 Å². The van der Waals surface area contributed by atoms with Crippen molar-refractivity contribution in [2.45, 2.75) is 39.8 Å². The molecule has 0 amide bonds. The highest BCUT2D eigenvalue weighted by Gasteiger charge is 2.13. The van der Waals surface area contributed by atoms with E-state index in [-0.39, 0.29) is 5.54 Å². The van der Waals surface area contributed by atoms with Crippen molar-refractivity contribution in [2.75, 3.05) is 5.32 Å². The monoisotopic (exact) mass is 218 g/mol. The molecule has 2 aromatic rings. The van der Waals surface area contributed by atoms with Gasteiger partial charge in [0.25, 0.3) is 0 Å². The summed E-state index contributed by atoms with van der Waals surface area (Å²) in [6.45, 7) is 9.34. The Labute approximate surface area is 95.7 Å². The van der Waals surface area contributed by atoms with Crippen LogP contribution in [0.5, 0.6) is 0 Å². The Balaban J connectivity index is 2.50. The van der Waals surface area contributed by atoms with E-state index in [4.69, 9.17) is 0 Å². The van der Waals surface area contributed by atoms with Crippen molar-refractivity contribution in [2.24, 2.45) is 0 Å². The first kappa shape index (κ1) is 10.9. The third-order valence-electron chi connectivity index (χ3n) is 2.35. The maximum Gasteiger partial charge on any atom is 0.159 e. The highest BCUT2D eigenvalue weighted by Crippen LogP contribution is 2.23. The molecule has 0 radical (unpaired) electrons. The van der Waals surface area contributed by atoms with Crippen LogP contribution in [0.3, 0.4) is 0 Å². The van der Waals surface area contributed by atoms with Crippen molar-refractivity contribution >= 4 is 16.7 Å². The molecule has 2 rings (SSSR count). The molecular weight excluding hydrogens is 200 g/mol. The number of hydrogen-bond acceptors (Lipinski definition) is 3. The van der Waals surface area contributed by atoms with Gasteiger partial charge < -0.3 is 5.32 Å². The first-order valence-corrected chi connectivity index (χ1v) is 5.60. The van der Waals surface area contributed by atoms with Gasteiger partial charge in [-0.05, 0) is 33.8 Å². The van der Waals surface area contributed by atoms with Gasteiger partial charge in [0.05, 0.1) is 11.6 Å². The van der Waals surface area contributed by atoms with Gasteiger partial charge in [0.2, 0.25) is 0 Å². The molecule has 4 heteroatoms. The molecule has 86 valence electrons. The van der Waals surface area contributed by atoms with Gasteiger partial charge in [-0.2, -0.15) is 5.10 Å². The fourth-order valence-electron chi connectivity index (χ4n) is 1.72. The molecule has 4 nitrogen and oxygen atoms in total. The standard InChI is InChI=1S/C12H18N4/c1-5-16-11-9(8-14-16)10(6-7-13-11)15-12(2,3)4/h6-8H,5H2,1-4H3,(H,13,15). The number of hydrogen-bond donors (Lipinski definition) is 1. The van der Waals surface area contributed by atoms with Crippen LogP contribution in [0, 0.1) is 0 Å². The van der Waals surface area contributed by atoms with E-state index in [0.717, 1.165) is 23.3 Å². The van der Waals surface area contributed by atoms with Crippen molar-refractivity contribution in [1.82, 2.24) is 14.8 Å². The molecule has 0 aliphatic carbocycles. The van der Waals surface area contributed by atoms with Crippen LogP contribution in [-0.2, 0) is 6.54 Å². The molecule has 0 saturated carbocycles. The molecule has 0 bridgehead atoms. The Morgan fingerprint density at radius 2 is 2.12 bits per heavy atom. The average molecular weight is 218 g/mol. The summed E-state index contributed by atoms with van der Waals surface area (Å²) in [5.41, 5.74) is 2.08. The van der Waals surface area contributed by atoms with Crippen LogP contribution in [0.2, 0.25) is 0 Å². The third-order valence-corrected chi connectivity index (χ3v) is 2.35. The van der Waals surface area contributed by atoms with E-state index in [2.05, 4.69) is 43.1 Å². The summed E-state index contributed by atoms with van der Waals surface area (Å²) in [5.74, 6) is 0. The number of pyridine rings is 1. The van der Waals surface area contributed by atoms with Crippen molar-refractivity contribution < 1.29 is 0 Å². The van der Waals surface area contributed by atoms with Gasteiger partial charge in [-0.15, -0.1) is 0 Å². The second-order valence-corrected chi connectivity index (χ2v) is 4.93. The molecule has 0 atom stereocenters. The van der Waals surface area contributed by atoms with Gasteiger partial charge in [0.1, 0.15) is 0 Å². The predicted molar refractivity (Wildman–Crippen MR) is 66.6 cm³/mol. The molecule has 2 heterocycles. The Bertz CT molecular complexity index is 493. The molecule has 0 saturated heterocycles. The Kier molecular flexibility index (Phi) is 2.58. The topological polar surface area (TPSA) is 42.7 Å². The summed E-state index contributed by atoms with van der Waals surface area (Å²) in [7, 11) is 0. The van der Waals surface area contributed by atoms with E-state index in [0.29, 0.717) is 0 Å². The lowest BCUT2D eigenvalue weighted by atomic mass is 10.1. The van der Waals surface area contributed by atoms with E-state index in [1.807, 2.05) is 23.1 Å². The summed E-state index contributed by atoms with van der Waals surface area (Å²) in [6, 6.07) is 2.00. The molecular formula is C12H18N4. The Morgan fingerprint density at radius 3 is 2.75 bits per heavy atom. The van der Waals surface area contributed by atoms with Gasteiger partial charge in [-0.1, -0.05) is 0 Å². The van der Waals surface area contributed by atoms with E-state index < -0.39 is 0 Å². The van der Waals surface area contributed by atoms with Gasteiger partial charge in [-0.3, -0.25) is 0 Å². The van der Waals surface area contributed by atoms with E-state index >= 15 is 0 Å². The fourth-order valence-corrected chi connectivity index (χ4v) is 1.72. The molecule has 0 fully saturated rings. The first-order valence-electron chi connectivity index (χ1n) is 5.60. The van der Waals surface area contributed by atoms with Crippen LogP contribution in [0.4, 0.5) is 5.69 Å². The molecule has 0 spiro atoms. The van der Waals surface area contributed by atoms with Gasteiger partial charge in [-0.25, -0.2) is 9.67 Å². The third kappa shape index (κ3) is 2.01. The normalized spacial score (nSPS) is 12.0. The molecule has 16 heavy (non-hydrogen) atoms. The van der Waals surface area contributed by atoms with Crippen LogP contribution in [0.15, 0.2) is 18.5 Å². The number of anilines is 1. The average Bonchev–Trinajstić information content (AvgIpc) is 2.59. The maximum atomic E-state index is 4.36. The number of fused-ring (bicyclic) bond motifs is 1. The lowest BCUT2D eigenvalue weighted by Gasteiger charge is -2.22.